The van der Waals surface area contributed by atoms with Gasteiger partial charge in [-0.3, -0.25) is 4.79 Å². The Labute approximate surface area is 143 Å². The minimum absolute atomic E-state index is 0.143. The van der Waals surface area contributed by atoms with Crippen LogP contribution < -0.4 is 9.47 Å². The van der Waals surface area contributed by atoms with Crippen LogP contribution in [0.25, 0.3) is 0 Å². The van der Waals surface area contributed by atoms with Crippen LogP contribution in [0.2, 0.25) is 0 Å². The molecule has 1 atom stereocenters. The third-order valence-electron chi connectivity index (χ3n) is 4.63. The first-order valence-corrected chi connectivity index (χ1v) is 8.19. The van der Waals surface area contributed by atoms with Crippen molar-refractivity contribution in [1.29, 1.82) is 0 Å². The Balaban J connectivity index is 1.76. The monoisotopic (exact) mass is 325 g/mol. The average molecular weight is 325 g/mol. The van der Waals surface area contributed by atoms with Gasteiger partial charge >= 0.3 is 0 Å². The topological polar surface area (TPSA) is 38.8 Å². The molecule has 0 fully saturated rings. The van der Waals surface area contributed by atoms with Crippen LogP contribution in [0.3, 0.4) is 0 Å². The van der Waals surface area contributed by atoms with Crippen molar-refractivity contribution < 1.29 is 14.3 Å². The van der Waals surface area contributed by atoms with E-state index in [2.05, 4.69) is 25.1 Å². The summed E-state index contributed by atoms with van der Waals surface area (Å²) in [6.45, 7) is 2.80. The van der Waals surface area contributed by atoms with Crippen molar-refractivity contribution in [2.75, 3.05) is 14.2 Å². The number of fused-ring (bicyclic) bond motifs is 1. The van der Waals surface area contributed by atoms with Crippen molar-refractivity contribution in [3.05, 3.63) is 59.2 Å². The van der Waals surface area contributed by atoms with Crippen molar-refractivity contribution in [2.24, 2.45) is 0 Å². The Morgan fingerprint density at radius 1 is 1.08 bits per heavy atom. The fraction of sp³-hybridized carbons (Fsp3) is 0.350. The van der Waals surface area contributed by atoms with E-state index >= 15 is 0 Å². The molecular weight excluding hydrogens is 302 g/mol. The maximum atomic E-state index is 12.8. The van der Waals surface area contributed by atoms with E-state index in [1.54, 1.807) is 14.2 Å². The zero-order chi connectivity index (χ0) is 17.1. The number of amides is 1. The van der Waals surface area contributed by atoms with Crippen LogP contribution in [0, 0.1) is 0 Å². The van der Waals surface area contributed by atoms with Crippen LogP contribution in [0.1, 0.15) is 23.6 Å². The lowest BCUT2D eigenvalue weighted by Crippen LogP contribution is -2.43. The SMILES string of the molecule is COc1ccc(CC(=O)N2Cc3ccccc3CC2C)cc1OC. The maximum absolute atomic E-state index is 12.8. The van der Waals surface area contributed by atoms with Gasteiger partial charge in [0.2, 0.25) is 5.91 Å². The molecule has 2 aromatic carbocycles. The highest BCUT2D eigenvalue weighted by molar-refractivity contribution is 5.79. The Morgan fingerprint density at radius 2 is 1.79 bits per heavy atom. The average Bonchev–Trinajstić information content (AvgIpc) is 2.60. The van der Waals surface area contributed by atoms with Gasteiger partial charge in [-0.15, -0.1) is 0 Å². The second-order valence-electron chi connectivity index (χ2n) is 6.21. The van der Waals surface area contributed by atoms with Gasteiger partial charge in [0, 0.05) is 12.6 Å². The summed E-state index contributed by atoms with van der Waals surface area (Å²) in [5, 5.41) is 0. The molecule has 126 valence electrons. The lowest BCUT2D eigenvalue weighted by molar-refractivity contribution is -0.133. The number of rotatable bonds is 4. The molecule has 0 saturated carbocycles. The van der Waals surface area contributed by atoms with Crippen molar-refractivity contribution in [1.82, 2.24) is 4.90 Å². The lowest BCUT2D eigenvalue weighted by atomic mass is 9.94. The zero-order valence-electron chi connectivity index (χ0n) is 14.4. The molecule has 3 rings (SSSR count). The molecule has 0 radical (unpaired) electrons. The molecule has 1 aliphatic heterocycles. The zero-order valence-corrected chi connectivity index (χ0v) is 14.4. The molecule has 0 aromatic heterocycles. The third kappa shape index (κ3) is 3.23. The molecule has 1 heterocycles. The van der Waals surface area contributed by atoms with E-state index in [4.69, 9.17) is 9.47 Å². The highest BCUT2D eigenvalue weighted by atomic mass is 16.5. The number of benzene rings is 2. The summed E-state index contributed by atoms with van der Waals surface area (Å²) in [6.07, 6.45) is 1.28. The van der Waals surface area contributed by atoms with Gasteiger partial charge in [-0.1, -0.05) is 30.3 Å². The predicted octanol–water partition coefficient (Wildman–Crippen LogP) is 3.22. The smallest absolute Gasteiger partial charge is 0.227 e. The number of carbonyl (C=O) groups is 1. The van der Waals surface area contributed by atoms with Gasteiger partial charge in [0.05, 0.1) is 20.6 Å². The third-order valence-corrected chi connectivity index (χ3v) is 4.63. The van der Waals surface area contributed by atoms with Crippen molar-refractivity contribution in [3.8, 4) is 11.5 Å². The first-order chi connectivity index (χ1) is 11.6. The molecule has 0 saturated heterocycles. The normalized spacial score (nSPS) is 16.5. The largest absolute Gasteiger partial charge is 0.493 e. The fourth-order valence-corrected chi connectivity index (χ4v) is 3.28. The number of nitrogens with zero attached hydrogens (tertiary/aromatic N) is 1. The van der Waals surface area contributed by atoms with Crippen LogP contribution in [0.4, 0.5) is 0 Å². The standard InChI is InChI=1S/C20H23NO3/c1-14-10-16-6-4-5-7-17(16)13-21(14)20(22)12-15-8-9-18(23-2)19(11-15)24-3/h4-9,11,14H,10,12-13H2,1-3H3. The molecule has 4 heteroatoms. The molecule has 1 aliphatic rings. The first kappa shape index (κ1) is 16.4. The summed E-state index contributed by atoms with van der Waals surface area (Å²) in [6, 6.07) is 14.2. The Kier molecular flexibility index (Phi) is 4.74. The van der Waals surface area contributed by atoms with Crippen molar-refractivity contribution in [2.45, 2.75) is 32.4 Å². The van der Waals surface area contributed by atoms with E-state index in [9.17, 15) is 4.79 Å². The summed E-state index contributed by atoms with van der Waals surface area (Å²) in [7, 11) is 3.21. The van der Waals surface area contributed by atoms with Crippen LogP contribution in [-0.4, -0.2) is 31.1 Å². The van der Waals surface area contributed by atoms with Gasteiger partial charge in [0.1, 0.15) is 0 Å². The van der Waals surface area contributed by atoms with E-state index in [0.29, 0.717) is 24.5 Å². The molecule has 4 nitrogen and oxygen atoms in total. The van der Waals surface area contributed by atoms with Crippen LogP contribution in [-0.2, 0) is 24.2 Å². The Morgan fingerprint density at radius 3 is 2.50 bits per heavy atom. The first-order valence-electron chi connectivity index (χ1n) is 8.19. The van der Waals surface area contributed by atoms with E-state index in [0.717, 1.165) is 12.0 Å². The summed E-state index contributed by atoms with van der Waals surface area (Å²) in [5.41, 5.74) is 3.53. The van der Waals surface area contributed by atoms with Gasteiger partial charge in [-0.25, -0.2) is 0 Å². The second-order valence-corrected chi connectivity index (χ2v) is 6.21. The minimum Gasteiger partial charge on any atom is -0.493 e. The molecule has 24 heavy (non-hydrogen) atoms. The highest BCUT2D eigenvalue weighted by Gasteiger charge is 2.26. The molecule has 1 amide bonds. The number of hydrogen-bond acceptors (Lipinski definition) is 3. The number of carbonyl (C=O) groups excluding carboxylic acids is 1. The summed E-state index contributed by atoms with van der Waals surface area (Å²) in [4.78, 5) is 14.8. The van der Waals surface area contributed by atoms with E-state index < -0.39 is 0 Å². The van der Waals surface area contributed by atoms with Gasteiger partial charge in [-0.2, -0.15) is 0 Å². The minimum atomic E-state index is 0.143. The molecule has 0 N–H and O–H groups in total. The van der Waals surface area contributed by atoms with E-state index in [1.807, 2.05) is 29.2 Å². The Hall–Kier alpha value is -2.49. The van der Waals surface area contributed by atoms with Crippen molar-refractivity contribution in [3.63, 3.8) is 0 Å². The maximum Gasteiger partial charge on any atom is 0.227 e. The molecule has 2 aromatic rings. The van der Waals surface area contributed by atoms with Crippen LogP contribution in [0.15, 0.2) is 42.5 Å². The molecule has 0 bridgehead atoms. The quantitative estimate of drug-likeness (QED) is 0.866. The van der Waals surface area contributed by atoms with Gasteiger partial charge in [-0.05, 0) is 42.2 Å². The molecule has 0 aliphatic carbocycles. The van der Waals surface area contributed by atoms with Gasteiger partial charge in [0.15, 0.2) is 11.5 Å². The van der Waals surface area contributed by atoms with E-state index in [1.165, 1.54) is 11.1 Å². The molecule has 0 spiro atoms. The number of methoxy groups -OCH3 is 2. The van der Waals surface area contributed by atoms with Crippen LogP contribution in [0.5, 0.6) is 11.5 Å². The molecule has 1 unspecified atom stereocenters. The predicted molar refractivity (Wildman–Crippen MR) is 93.4 cm³/mol. The summed E-state index contributed by atoms with van der Waals surface area (Å²) < 4.78 is 10.6. The molecular formula is C20H23NO3. The summed E-state index contributed by atoms with van der Waals surface area (Å²) >= 11 is 0. The van der Waals surface area contributed by atoms with Gasteiger partial charge < -0.3 is 14.4 Å². The summed E-state index contributed by atoms with van der Waals surface area (Å²) in [5.74, 6) is 1.47. The van der Waals surface area contributed by atoms with Crippen molar-refractivity contribution >= 4 is 5.91 Å². The second kappa shape index (κ2) is 6.95. The number of ether oxygens (including phenoxy) is 2. The fourth-order valence-electron chi connectivity index (χ4n) is 3.28. The number of hydrogen-bond donors (Lipinski definition) is 0. The van der Waals surface area contributed by atoms with E-state index in [-0.39, 0.29) is 11.9 Å². The van der Waals surface area contributed by atoms with Gasteiger partial charge in [0.25, 0.3) is 0 Å². The highest BCUT2D eigenvalue weighted by Crippen LogP contribution is 2.29. The lowest BCUT2D eigenvalue weighted by Gasteiger charge is -2.35. The Bertz CT molecular complexity index is 741. The van der Waals surface area contributed by atoms with Crippen LogP contribution >= 0.6 is 0 Å².